The zero-order valence-corrected chi connectivity index (χ0v) is 13.3. The van der Waals surface area contributed by atoms with Gasteiger partial charge < -0.3 is 15.2 Å². The Morgan fingerprint density at radius 1 is 1.05 bits per heavy atom. The topological polar surface area (TPSA) is 61.6 Å². The molecule has 1 amide bonds. The molecular weight excluding hydrogens is 302 g/mol. The van der Waals surface area contributed by atoms with Crippen LogP contribution in [-0.2, 0) is 0 Å². The lowest BCUT2D eigenvalue weighted by Gasteiger charge is -2.11. The number of carbonyl (C=O) groups excluding carboxylic acids is 1. The number of amides is 1. The third-order valence-electron chi connectivity index (χ3n) is 3.01. The molecule has 2 N–H and O–H groups in total. The van der Waals surface area contributed by atoms with Crippen molar-refractivity contribution in [2.24, 2.45) is 5.73 Å². The lowest BCUT2D eigenvalue weighted by Crippen LogP contribution is -2.15. The van der Waals surface area contributed by atoms with Crippen LogP contribution in [0.4, 0.5) is 0 Å². The SMILES string of the molecule is Cc1cc(C)cc(OCCOc2ccc(Cl)cc2C(N)=O)c1. The summed E-state index contributed by atoms with van der Waals surface area (Å²) in [7, 11) is 0. The van der Waals surface area contributed by atoms with Crippen LogP contribution in [0.5, 0.6) is 11.5 Å². The van der Waals surface area contributed by atoms with Crippen molar-refractivity contribution >= 4 is 17.5 Å². The van der Waals surface area contributed by atoms with Gasteiger partial charge in [-0.3, -0.25) is 4.79 Å². The minimum atomic E-state index is -0.576. The summed E-state index contributed by atoms with van der Waals surface area (Å²) >= 11 is 5.84. The van der Waals surface area contributed by atoms with Crippen molar-refractivity contribution in [1.29, 1.82) is 0 Å². The Balaban J connectivity index is 1.93. The molecule has 0 atom stereocenters. The maximum atomic E-state index is 11.4. The van der Waals surface area contributed by atoms with Gasteiger partial charge in [-0.15, -0.1) is 0 Å². The average molecular weight is 320 g/mol. The van der Waals surface area contributed by atoms with E-state index in [1.165, 1.54) is 6.07 Å². The quantitative estimate of drug-likeness (QED) is 0.829. The predicted octanol–water partition coefficient (Wildman–Crippen LogP) is 3.51. The number of halogens is 1. The molecule has 0 aliphatic rings. The molecule has 0 aliphatic carbocycles. The smallest absolute Gasteiger partial charge is 0.252 e. The van der Waals surface area contributed by atoms with Crippen molar-refractivity contribution in [3.05, 3.63) is 58.1 Å². The van der Waals surface area contributed by atoms with Gasteiger partial charge in [0.05, 0.1) is 5.56 Å². The average Bonchev–Trinajstić information content (AvgIpc) is 2.43. The van der Waals surface area contributed by atoms with Crippen LogP contribution in [0.15, 0.2) is 36.4 Å². The van der Waals surface area contributed by atoms with Crippen LogP contribution in [0.2, 0.25) is 5.02 Å². The number of hydrogen-bond donors (Lipinski definition) is 1. The minimum absolute atomic E-state index is 0.263. The highest BCUT2D eigenvalue weighted by atomic mass is 35.5. The number of hydrogen-bond acceptors (Lipinski definition) is 3. The summed E-state index contributed by atoms with van der Waals surface area (Å²) in [5.41, 5.74) is 7.85. The minimum Gasteiger partial charge on any atom is -0.490 e. The Labute approximate surface area is 134 Å². The first-order valence-electron chi connectivity index (χ1n) is 6.89. The predicted molar refractivity (Wildman–Crippen MR) is 86.9 cm³/mol. The summed E-state index contributed by atoms with van der Waals surface area (Å²) in [6.07, 6.45) is 0. The summed E-state index contributed by atoms with van der Waals surface area (Å²) in [6, 6.07) is 10.8. The van der Waals surface area contributed by atoms with E-state index in [2.05, 4.69) is 6.07 Å². The van der Waals surface area contributed by atoms with Gasteiger partial charge in [-0.1, -0.05) is 17.7 Å². The number of carbonyl (C=O) groups is 1. The van der Waals surface area contributed by atoms with Crippen LogP contribution in [0, 0.1) is 13.8 Å². The van der Waals surface area contributed by atoms with Crippen molar-refractivity contribution < 1.29 is 14.3 Å². The van der Waals surface area contributed by atoms with Crippen molar-refractivity contribution in [2.75, 3.05) is 13.2 Å². The summed E-state index contributed by atoms with van der Waals surface area (Å²) in [4.78, 5) is 11.4. The lowest BCUT2D eigenvalue weighted by molar-refractivity contribution is 0.0995. The molecule has 2 rings (SSSR count). The number of nitrogens with two attached hydrogens (primary N) is 1. The molecule has 0 aromatic heterocycles. The van der Waals surface area contributed by atoms with Gasteiger partial charge in [-0.2, -0.15) is 0 Å². The molecule has 0 bridgehead atoms. The van der Waals surface area contributed by atoms with Gasteiger partial charge in [0.1, 0.15) is 24.7 Å². The second kappa shape index (κ2) is 7.18. The first-order chi connectivity index (χ1) is 10.5. The molecule has 0 heterocycles. The third-order valence-corrected chi connectivity index (χ3v) is 3.25. The highest BCUT2D eigenvalue weighted by Crippen LogP contribution is 2.22. The van der Waals surface area contributed by atoms with Crippen LogP contribution in [0.3, 0.4) is 0 Å². The molecule has 0 fully saturated rings. The van der Waals surface area contributed by atoms with Gasteiger partial charge in [0.2, 0.25) is 0 Å². The van der Waals surface area contributed by atoms with Crippen LogP contribution in [-0.4, -0.2) is 19.1 Å². The second-order valence-corrected chi connectivity index (χ2v) is 5.46. The summed E-state index contributed by atoms with van der Waals surface area (Å²) < 4.78 is 11.2. The number of aryl methyl sites for hydroxylation is 2. The normalized spacial score (nSPS) is 10.3. The van der Waals surface area contributed by atoms with E-state index in [1.807, 2.05) is 26.0 Å². The van der Waals surface area contributed by atoms with Gasteiger partial charge in [-0.05, 0) is 55.3 Å². The van der Waals surface area contributed by atoms with Gasteiger partial charge in [-0.25, -0.2) is 0 Å². The van der Waals surface area contributed by atoms with E-state index in [0.29, 0.717) is 24.0 Å². The van der Waals surface area contributed by atoms with E-state index in [-0.39, 0.29) is 5.56 Å². The van der Waals surface area contributed by atoms with Crippen molar-refractivity contribution in [3.63, 3.8) is 0 Å². The molecule has 116 valence electrons. The number of benzene rings is 2. The Hall–Kier alpha value is -2.20. The first-order valence-corrected chi connectivity index (χ1v) is 7.27. The first kappa shape index (κ1) is 16.2. The molecule has 5 heteroatoms. The van der Waals surface area contributed by atoms with E-state index in [4.69, 9.17) is 26.8 Å². The fourth-order valence-electron chi connectivity index (χ4n) is 2.15. The van der Waals surface area contributed by atoms with E-state index in [0.717, 1.165) is 16.9 Å². The van der Waals surface area contributed by atoms with Gasteiger partial charge in [0, 0.05) is 5.02 Å². The zero-order valence-electron chi connectivity index (χ0n) is 12.6. The molecule has 2 aromatic rings. The van der Waals surface area contributed by atoms with E-state index < -0.39 is 5.91 Å². The van der Waals surface area contributed by atoms with Gasteiger partial charge in [0.25, 0.3) is 5.91 Å². The molecule has 0 radical (unpaired) electrons. The van der Waals surface area contributed by atoms with E-state index >= 15 is 0 Å². The van der Waals surface area contributed by atoms with Crippen molar-refractivity contribution in [1.82, 2.24) is 0 Å². The Morgan fingerprint density at radius 2 is 1.68 bits per heavy atom. The van der Waals surface area contributed by atoms with Crippen LogP contribution in [0.1, 0.15) is 21.5 Å². The Morgan fingerprint density at radius 3 is 2.32 bits per heavy atom. The fourth-order valence-corrected chi connectivity index (χ4v) is 2.32. The number of rotatable bonds is 6. The van der Waals surface area contributed by atoms with Crippen LogP contribution in [0.25, 0.3) is 0 Å². The molecule has 22 heavy (non-hydrogen) atoms. The highest BCUT2D eigenvalue weighted by molar-refractivity contribution is 6.31. The third kappa shape index (κ3) is 4.40. The summed E-state index contributed by atoms with van der Waals surface area (Å²) in [5.74, 6) is 0.626. The van der Waals surface area contributed by atoms with Crippen LogP contribution < -0.4 is 15.2 Å². The molecule has 0 saturated heterocycles. The summed E-state index contributed by atoms with van der Waals surface area (Å²) in [5, 5.41) is 0.438. The lowest BCUT2D eigenvalue weighted by atomic mass is 10.1. The van der Waals surface area contributed by atoms with Crippen molar-refractivity contribution in [2.45, 2.75) is 13.8 Å². The maximum Gasteiger partial charge on any atom is 0.252 e. The molecule has 0 aliphatic heterocycles. The highest BCUT2D eigenvalue weighted by Gasteiger charge is 2.10. The standard InChI is InChI=1S/C17H18ClNO3/c1-11-7-12(2)9-14(8-11)21-5-6-22-16-4-3-13(18)10-15(16)17(19)20/h3-4,7-10H,5-6H2,1-2H3,(H2,19,20). The fraction of sp³-hybridized carbons (Fsp3) is 0.235. The Kier molecular flexibility index (Phi) is 5.28. The molecule has 0 unspecified atom stereocenters. The number of ether oxygens (including phenoxy) is 2. The molecule has 0 saturated carbocycles. The summed E-state index contributed by atoms with van der Waals surface area (Å²) in [6.45, 7) is 4.70. The monoisotopic (exact) mass is 319 g/mol. The zero-order chi connectivity index (χ0) is 16.1. The van der Waals surface area contributed by atoms with E-state index in [1.54, 1.807) is 12.1 Å². The Bertz CT molecular complexity index is 665. The second-order valence-electron chi connectivity index (χ2n) is 5.03. The molecule has 0 spiro atoms. The number of primary amides is 1. The largest absolute Gasteiger partial charge is 0.490 e. The molecule has 4 nitrogen and oxygen atoms in total. The van der Waals surface area contributed by atoms with Gasteiger partial charge in [0.15, 0.2) is 0 Å². The maximum absolute atomic E-state index is 11.4. The van der Waals surface area contributed by atoms with Gasteiger partial charge >= 0.3 is 0 Å². The van der Waals surface area contributed by atoms with E-state index in [9.17, 15) is 4.79 Å². The van der Waals surface area contributed by atoms with Crippen LogP contribution >= 0.6 is 11.6 Å². The molecular formula is C17H18ClNO3. The molecule has 2 aromatic carbocycles. The van der Waals surface area contributed by atoms with Crippen molar-refractivity contribution in [3.8, 4) is 11.5 Å².